The van der Waals surface area contributed by atoms with Gasteiger partial charge in [0.05, 0.1) is 34.5 Å². The monoisotopic (exact) mass is 858 g/mol. The number of halogens is 4. The zero-order chi connectivity index (χ0) is 43.1. The predicted molar refractivity (Wildman–Crippen MR) is 224 cm³/mol. The van der Waals surface area contributed by atoms with Crippen LogP contribution >= 0.6 is 31.0 Å². The minimum Gasteiger partial charge on any atom is -0.457 e. The molecule has 0 spiro atoms. The number of aromatic nitrogens is 2. The molecule has 0 aliphatic heterocycles. The zero-order valence-electron chi connectivity index (χ0n) is 34.5. The van der Waals surface area contributed by atoms with E-state index in [0.717, 1.165) is 0 Å². The third-order valence-electron chi connectivity index (χ3n) is 9.05. The van der Waals surface area contributed by atoms with Crippen LogP contribution in [0.5, 0.6) is 0 Å². The van der Waals surface area contributed by atoms with Gasteiger partial charge in [-0.15, -0.1) is 0 Å². The van der Waals surface area contributed by atoms with Crippen LogP contribution < -0.4 is 0 Å². The summed E-state index contributed by atoms with van der Waals surface area (Å²) in [4.78, 5) is 17.9. The van der Waals surface area contributed by atoms with Crippen LogP contribution in [0.15, 0.2) is 90.7 Å². The molecule has 0 unspecified atom stereocenters. The van der Waals surface area contributed by atoms with Crippen LogP contribution in [-0.2, 0) is 40.5 Å². The fourth-order valence-corrected chi connectivity index (χ4v) is 9.01. The van der Waals surface area contributed by atoms with Crippen LogP contribution in [0.3, 0.4) is 0 Å². The van der Waals surface area contributed by atoms with E-state index in [4.69, 9.17) is 46.5 Å². The lowest BCUT2D eigenvalue weighted by Crippen LogP contribution is -2.26. The van der Waals surface area contributed by atoms with Crippen molar-refractivity contribution in [2.24, 2.45) is 0 Å². The highest BCUT2D eigenvalue weighted by atomic mass is 35.5. The summed E-state index contributed by atoms with van der Waals surface area (Å²) in [5.74, 6) is -3.53. The second-order valence-corrected chi connectivity index (χ2v) is 19.6. The van der Waals surface area contributed by atoms with Crippen molar-refractivity contribution in [3.63, 3.8) is 0 Å². The van der Waals surface area contributed by atoms with E-state index in [0.29, 0.717) is 49.5 Å². The third-order valence-corrected chi connectivity index (χ3v) is 11.7. The lowest BCUT2D eigenvalue weighted by Gasteiger charge is -2.30. The number of aliphatic hydroxyl groups is 1. The number of alkyl halides is 2. The van der Waals surface area contributed by atoms with Crippen molar-refractivity contribution in [3.05, 3.63) is 134 Å². The van der Waals surface area contributed by atoms with Crippen molar-refractivity contribution >= 4 is 42.6 Å². The van der Waals surface area contributed by atoms with E-state index in [1.54, 1.807) is 122 Å². The molecular formula is C44H51Cl2F2N2O7P. The fourth-order valence-electron chi connectivity index (χ4n) is 6.35. The van der Waals surface area contributed by atoms with E-state index in [1.807, 2.05) is 18.4 Å². The summed E-state index contributed by atoms with van der Waals surface area (Å²) < 4.78 is 68.8. The molecule has 0 saturated carbocycles. The van der Waals surface area contributed by atoms with Gasteiger partial charge in [0, 0.05) is 39.5 Å². The summed E-state index contributed by atoms with van der Waals surface area (Å²) in [6.45, 7) is 16.7. The second kappa shape index (κ2) is 16.8. The first-order valence-electron chi connectivity index (χ1n) is 18.8. The maximum absolute atomic E-state index is 15.6. The number of carbonyl (C=O) groups is 1. The number of imidazole rings is 1. The van der Waals surface area contributed by atoms with Crippen molar-refractivity contribution in [2.75, 3.05) is 6.61 Å². The Morgan fingerprint density at radius 2 is 1.45 bits per heavy atom. The maximum atomic E-state index is 15.6. The van der Waals surface area contributed by atoms with Gasteiger partial charge in [-0.3, -0.25) is 13.6 Å². The third kappa shape index (κ3) is 11.1. The highest BCUT2D eigenvalue weighted by Crippen LogP contribution is 2.56. The minimum atomic E-state index is -4.02. The number of rotatable bonds is 13. The van der Waals surface area contributed by atoms with Gasteiger partial charge >= 0.3 is 13.8 Å². The molecule has 1 heterocycles. The number of carbonyl (C=O) groups excluding carboxylic acids is 1. The summed E-state index contributed by atoms with van der Waals surface area (Å²) in [5.41, 5.74) is -0.718. The maximum Gasteiger partial charge on any atom is 0.476 e. The summed E-state index contributed by atoms with van der Waals surface area (Å²) in [6.07, 6.45) is 4.02. The summed E-state index contributed by atoms with van der Waals surface area (Å²) in [5, 5.41) is 11.8. The van der Waals surface area contributed by atoms with Crippen LogP contribution in [-0.4, -0.2) is 44.4 Å². The Morgan fingerprint density at radius 3 is 2.00 bits per heavy atom. The van der Waals surface area contributed by atoms with Crippen LogP contribution in [0.2, 0.25) is 10.0 Å². The first-order valence-corrected chi connectivity index (χ1v) is 21.0. The van der Waals surface area contributed by atoms with E-state index in [9.17, 15) is 14.5 Å². The molecule has 4 aromatic rings. The molecule has 1 N–H and O–H groups in total. The molecule has 5 rings (SSSR count). The highest BCUT2D eigenvalue weighted by molar-refractivity contribution is 7.48. The van der Waals surface area contributed by atoms with Gasteiger partial charge < -0.3 is 14.4 Å². The molecule has 0 fully saturated rings. The Labute approximate surface area is 349 Å². The van der Waals surface area contributed by atoms with E-state index in [-0.39, 0.29) is 17.7 Å². The van der Waals surface area contributed by atoms with Gasteiger partial charge in [-0.2, -0.15) is 0 Å². The van der Waals surface area contributed by atoms with Gasteiger partial charge in [-0.1, -0.05) is 65.7 Å². The van der Waals surface area contributed by atoms with Crippen LogP contribution in [0.1, 0.15) is 114 Å². The van der Waals surface area contributed by atoms with Gasteiger partial charge in [-0.05, 0) is 122 Å². The quantitative estimate of drug-likeness (QED) is 0.105. The predicted octanol–water partition coefficient (Wildman–Crippen LogP) is 12.2. The van der Waals surface area contributed by atoms with E-state index in [1.165, 1.54) is 18.2 Å². The normalized spacial score (nSPS) is 15.2. The van der Waals surface area contributed by atoms with E-state index >= 15 is 8.78 Å². The standard InChI is InChI=1S/C44H51Cl2F2N2O7P/c1-40(2,3)56-58(53,57-41(4,5)6)55-26-28-13-11-14-30(23-28)38(51)54-27-32-20-17-31(24-44(32,47)48)29-18-21-33(22-19-29)50-25-36(43(9,10)52)49-39(50)42(7,8)37-34(45)15-12-16-35(37)46/h11-23,25,52H,24,26-27H2,1-10H3. The second-order valence-electron chi connectivity index (χ2n) is 17.3. The Morgan fingerprint density at radius 1 is 0.862 bits per heavy atom. The summed E-state index contributed by atoms with van der Waals surface area (Å²) >= 11 is 13.3. The number of phosphoric ester groups is 1. The van der Waals surface area contributed by atoms with Crippen LogP contribution in [0.4, 0.5) is 8.78 Å². The SMILES string of the molecule is CC(C)(C)OP(=O)(OCc1cccc(C(=O)OCC2=CC=C(c3ccc(-n4cc(C(C)(C)O)nc4C(C)(C)c4c(Cl)cccc4Cl)cc3)CC2(F)F)c1)OC(C)(C)C. The number of benzene rings is 3. The highest BCUT2D eigenvalue weighted by Gasteiger charge is 2.40. The number of phosphoric acid groups is 1. The van der Waals surface area contributed by atoms with Crippen LogP contribution in [0, 0.1) is 0 Å². The zero-order valence-corrected chi connectivity index (χ0v) is 36.9. The molecule has 58 heavy (non-hydrogen) atoms. The topological polar surface area (TPSA) is 109 Å². The van der Waals surface area contributed by atoms with Gasteiger partial charge in [0.1, 0.15) is 18.0 Å². The Hall–Kier alpha value is -3.67. The molecule has 9 nitrogen and oxygen atoms in total. The van der Waals surface area contributed by atoms with Crippen molar-refractivity contribution in [1.82, 2.24) is 9.55 Å². The fraction of sp³-hybridized carbons (Fsp3) is 0.409. The number of esters is 1. The van der Waals surface area contributed by atoms with E-state index < -0.39 is 55.0 Å². The largest absolute Gasteiger partial charge is 0.476 e. The van der Waals surface area contributed by atoms with Gasteiger partial charge in [0.15, 0.2) is 0 Å². The summed E-state index contributed by atoms with van der Waals surface area (Å²) in [7, 11) is -4.02. The van der Waals surface area contributed by atoms with Gasteiger partial charge in [-0.25, -0.2) is 23.1 Å². The lowest BCUT2D eigenvalue weighted by atomic mass is 9.83. The summed E-state index contributed by atoms with van der Waals surface area (Å²) in [6, 6.07) is 18.6. The molecular weight excluding hydrogens is 808 g/mol. The van der Waals surface area contributed by atoms with Gasteiger partial charge in [0.25, 0.3) is 5.92 Å². The van der Waals surface area contributed by atoms with Gasteiger partial charge in [0.2, 0.25) is 0 Å². The number of allylic oxidation sites excluding steroid dienone is 3. The first kappa shape index (κ1) is 45.4. The average molecular weight is 860 g/mol. The number of hydrogen-bond acceptors (Lipinski definition) is 8. The molecule has 312 valence electrons. The molecule has 0 radical (unpaired) electrons. The first-order chi connectivity index (χ1) is 26.7. The Kier molecular flexibility index (Phi) is 13.1. The smallest absolute Gasteiger partial charge is 0.457 e. The van der Waals surface area contributed by atoms with Crippen molar-refractivity contribution < 1.29 is 41.6 Å². The molecule has 0 bridgehead atoms. The molecule has 1 aromatic heterocycles. The molecule has 0 saturated heterocycles. The van der Waals surface area contributed by atoms with E-state index in [2.05, 4.69) is 0 Å². The van der Waals surface area contributed by atoms with Crippen molar-refractivity contribution in [1.29, 1.82) is 0 Å². The number of nitrogens with zero attached hydrogens (tertiary/aromatic N) is 2. The average Bonchev–Trinajstić information content (AvgIpc) is 3.56. The number of hydrogen-bond donors (Lipinski definition) is 1. The molecule has 1 aliphatic carbocycles. The molecule has 0 atom stereocenters. The molecule has 1 aliphatic rings. The molecule has 0 amide bonds. The number of ether oxygens (including phenoxy) is 1. The lowest BCUT2D eigenvalue weighted by molar-refractivity contribution is 0.000776. The minimum absolute atomic E-state index is 0.106. The van der Waals surface area contributed by atoms with Crippen molar-refractivity contribution in [3.8, 4) is 5.69 Å². The molecule has 14 heteroatoms. The Balaban J connectivity index is 1.31. The molecule has 3 aromatic carbocycles. The van der Waals surface area contributed by atoms with Crippen LogP contribution in [0.25, 0.3) is 11.3 Å². The van der Waals surface area contributed by atoms with Crippen molar-refractivity contribution in [2.45, 2.75) is 110 Å². The Bertz CT molecular complexity index is 2220.